The number of nitrogen functional groups attached to an aromatic ring is 1. The van der Waals surface area contributed by atoms with Gasteiger partial charge < -0.3 is 11.1 Å². The standard InChI is InChI=1S/C15H17BrN6O/c16-12-8-19-14(17)13(21-12)15(23)20-11-7-18-4-3-10(11)9-22-5-1-2-6-22/h3-4,7-8H,1-2,5-6,9H2,(H2,17,19)(H,20,23). The van der Waals surface area contributed by atoms with Crippen molar-refractivity contribution >= 4 is 33.3 Å². The first-order valence-corrected chi connectivity index (χ1v) is 8.17. The summed E-state index contributed by atoms with van der Waals surface area (Å²) < 4.78 is 0.459. The summed E-state index contributed by atoms with van der Waals surface area (Å²) in [4.78, 5) is 26.9. The number of nitrogens with two attached hydrogens (primary N) is 1. The van der Waals surface area contributed by atoms with Gasteiger partial charge in [0.1, 0.15) is 4.60 Å². The zero-order valence-electron chi connectivity index (χ0n) is 12.5. The lowest BCUT2D eigenvalue weighted by Crippen LogP contribution is -2.22. The summed E-state index contributed by atoms with van der Waals surface area (Å²) in [7, 11) is 0. The summed E-state index contributed by atoms with van der Waals surface area (Å²) >= 11 is 3.19. The van der Waals surface area contributed by atoms with Crippen LogP contribution in [0.2, 0.25) is 0 Å². The van der Waals surface area contributed by atoms with Crippen molar-refractivity contribution in [2.24, 2.45) is 0 Å². The Bertz CT molecular complexity index is 717. The molecule has 0 atom stereocenters. The summed E-state index contributed by atoms with van der Waals surface area (Å²) in [6.07, 6.45) is 7.27. The molecule has 7 nitrogen and oxygen atoms in total. The van der Waals surface area contributed by atoms with Crippen LogP contribution in [0.5, 0.6) is 0 Å². The van der Waals surface area contributed by atoms with E-state index in [1.165, 1.54) is 19.0 Å². The molecule has 2 aromatic rings. The van der Waals surface area contributed by atoms with E-state index < -0.39 is 5.91 Å². The highest BCUT2D eigenvalue weighted by molar-refractivity contribution is 9.10. The molecule has 1 fully saturated rings. The molecular weight excluding hydrogens is 360 g/mol. The lowest BCUT2D eigenvalue weighted by Gasteiger charge is -2.17. The van der Waals surface area contributed by atoms with Crippen molar-refractivity contribution in [3.8, 4) is 0 Å². The lowest BCUT2D eigenvalue weighted by molar-refractivity contribution is 0.102. The summed E-state index contributed by atoms with van der Waals surface area (Å²) in [6.45, 7) is 2.96. The average molecular weight is 377 g/mol. The Morgan fingerprint density at radius 2 is 2.13 bits per heavy atom. The second-order valence-electron chi connectivity index (χ2n) is 5.40. The zero-order valence-corrected chi connectivity index (χ0v) is 14.1. The minimum absolute atomic E-state index is 0.0929. The SMILES string of the molecule is Nc1ncc(Br)nc1C(=O)Nc1cnccc1CN1CCCC1. The maximum atomic E-state index is 12.4. The normalized spacial score (nSPS) is 14.8. The third-order valence-corrected chi connectivity index (χ3v) is 4.12. The minimum Gasteiger partial charge on any atom is -0.382 e. The number of likely N-dealkylation sites (tertiary alicyclic amines) is 1. The van der Waals surface area contributed by atoms with Crippen LogP contribution >= 0.6 is 15.9 Å². The fraction of sp³-hybridized carbons (Fsp3) is 0.333. The molecule has 3 N–H and O–H groups in total. The molecule has 3 heterocycles. The van der Waals surface area contributed by atoms with Crippen LogP contribution in [0, 0.1) is 0 Å². The van der Waals surface area contributed by atoms with Crippen LogP contribution in [0.4, 0.5) is 11.5 Å². The van der Waals surface area contributed by atoms with Gasteiger partial charge in [0.05, 0.1) is 18.1 Å². The molecule has 0 aliphatic carbocycles. The summed E-state index contributed by atoms with van der Waals surface area (Å²) in [5, 5.41) is 2.84. The predicted molar refractivity (Wildman–Crippen MR) is 90.8 cm³/mol. The topological polar surface area (TPSA) is 97.0 Å². The van der Waals surface area contributed by atoms with Crippen molar-refractivity contribution in [3.05, 3.63) is 40.5 Å². The number of rotatable bonds is 4. The minimum atomic E-state index is -0.396. The monoisotopic (exact) mass is 376 g/mol. The molecule has 0 aromatic carbocycles. The van der Waals surface area contributed by atoms with Gasteiger partial charge in [0.25, 0.3) is 5.91 Å². The van der Waals surface area contributed by atoms with Crippen LogP contribution < -0.4 is 11.1 Å². The average Bonchev–Trinajstić information content (AvgIpc) is 3.04. The number of halogens is 1. The largest absolute Gasteiger partial charge is 0.382 e. The van der Waals surface area contributed by atoms with Gasteiger partial charge in [0.2, 0.25) is 0 Å². The molecule has 1 aliphatic heterocycles. The molecule has 1 amide bonds. The zero-order chi connectivity index (χ0) is 16.2. The van der Waals surface area contributed by atoms with Crippen molar-refractivity contribution in [1.82, 2.24) is 19.9 Å². The predicted octanol–water partition coefficient (Wildman–Crippen LogP) is 2.06. The second kappa shape index (κ2) is 7.01. The Labute approximate surface area is 142 Å². The smallest absolute Gasteiger partial charge is 0.278 e. The number of pyridine rings is 1. The Kier molecular flexibility index (Phi) is 4.82. The van der Waals surface area contributed by atoms with Crippen LogP contribution in [0.1, 0.15) is 28.9 Å². The number of hydrogen-bond acceptors (Lipinski definition) is 6. The quantitative estimate of drug-likeness (QED) is 0.847. The summed E-state index contributed by atoms with van der Waals surface area (Å²) in [5.41, 5.74) is 7.52. The van der Waals surface area contributed by atoms with Crippen molar-refractivity contribution in [2.45, 2.75) is 19.4 Å². The van der Waals surface area contributed by atoms with Crippen LogP contribution in [-0.4, -0.2) is 38.8 Å². The molecule has 0 unspecified atom stereocenters. The maximum absolute atomic E-state index is 12.4. The van der Waals surface area contributed by atoms with E-state index >= 15 is 0 Å². The highest BCUT2D eigenvalue weighted by Crippen LogP contribution is 2.20. The van der Waals surface area contributed by atoms with Gasteiger partial charge in [-0.2, -0.15) is 0 Å². The molecule has 0 saturated carbocycles. The van der Waals surface area contributed by atoms with Gasteiger partial charge in [-0.25, -0.2) is 9.97 Å². The molecule has 1 aliphatic rings. The molecule has 3 rings (SSSR count). The van der Waals surface area contributed by atoms with Crippen LogP contribution in [-0.2, 0) is 6.54 Å². The van der Waals surface area contributed by atoms with Gasteiger partial charge >= 0.3 is 0 Å². The van der Waals surface area contributed by atoms with Crippen LogP contribution in [0.3, 0.4) is 0 Å². The number of aromatic nitrogens is 3. The number of anilines is 2. The Hall–Kier alpha value is -2.06. The Morgan fingerprint density at radius 1 is 1.35 bits per heavy atom. The molecule has 0 spiro atoms. The van der Waals surface area contributed by atoms with Gasteiger partial charge in [0.15, 0.2) is 11.5 Å². The fourth-order valence-electron chi connectivity index (χ4n) is 2.58. The van der Waals surface area contributed by atoms with Gasteiger partial charge in [-0.3, -0.25) is 14.7 Å². The first-order valence-electron chi connectivity index (χ1n) is 7.38. The van der Waals surface area contributed by atoms with E-state index in [0.29, 0.717) is 10.3 Å². The van der Waals surface area contributed by atoms with Gasteiger partial charge in [-0.15, -0.1) is 0 Å². The molecule has 0 radical (unpaired) electrons. The van der Waals surface area contributed by atoms with E-state index in [0.717, 1.165) is 25.2 Å². The molecule has 120 valence electrons. The van der Waals surface area contributed by atoms with Gasteiger partial charge in [0, 0.05) is 12.7 Å². The second-order valence-corrected chi connectivity index (χ2v) is 6.21. The van der Waals surface area contributed by atoms with Crippen LogP contribution in [0.15, 0.2) is 29.3 Å². The first-order chi connectivity index (χ1) is 11.1. The van der Waals surface area contributed by atoms with E-state index in [2.05, 4.69) is 41.1 Å². The first kappa shape index (κ1) is 15.8. The summed E-state index contributed by atoms with van der Waals surface area (Å²) in [5.74, 6) is -0.303. The van der Waals surface area contributed by atoms with Crippen molar-refractivity contribution in [3.63, 3.8) is 0 Å². The number of hydrogen-bond donors (Lipinski definition) is 2. The highest BCUT2D eigenvalue weighted by Gasteiger charge is 2.17. The number of carbonyl (C=O) groups is 1. The molecule has 23 heavy (non-hydrogen) atoms. The number of carbonyl (C=O) groups excluding carboxylic acids is 1. The molecular formula is C15H17BrN6O. The van der Waals surface area contributed by atoms with E-state index in [1.807, 2.05) is 6.07 Å². The number of amides is 1. The maximum Gasteiger partial charge on any atom is 0.278 e. The molecule has 2 aromatic heterocycles. The number of nitrogens with one attached hydrogen (secondary N) is 1. The molecule has 1 saturated heterocycles. The molecule has 8 heteroatoms. The van der Waals surface area contributed by atoms with E-state index in [4.69, 9.17) is 5.73 Å². The molecule has 0 bridgehead atoms. The number of nitrogens with zero attached hydrogens (tertiary/aromatic N) is 4. The summed E-state index contributed by atoms with van der Waals surface area (Å²) in [6, 6.07) is 1.92. The van der Waals surface area contributed by atoms with E-state index in [-0.39, 0.29) is 11.5 Å². The fourth-order valence-corrected chi connectivity index (χ4v) is 2.86. The van der Waals surface area contributed by atoms with Crippen molar-refractivity contribution in [1.29, 1.82) is 0 Å². The Balaban J connectivity index is 1.79. The third-order valence-electron chi connectivity index (χ3n) is 3.74. The van der Waals surface area contributed by atoms with Crippen molar-refractivity contribution < 1.29 is 4.79 Å². The van der Waals surface area contributed by atoms with Crippen LogP contribution in [0.25, 0.3) is 0 Å². The third kappa shape index (κ3) is 3.83. The lowest BCUT2D eigenvalue weighted by atomic mass is 10.2. The van der Waals surface area contributed by atoms with Gasteiger partial charge in [-0.1, -0.05) is 0 Å². The van der Waals surface area contributed by atoms with Crippen molar-refractivity contribution in [2.75, 3.05) is 24.1 Å². The Morgan fingerprint density at radius 3 is 2.91 bits per heavy atom. The van der Waals surface area contributed by atoms with E-state index in [1.54, 1.807) is 12.4 Å². The highest BCUT2D eigenvalue weighted by atomic mass is 79.9. The van der Waals surface area contributed by atoms with Gasteiger partial charge in [-0.05, 0) is 53.5 Å². The van der Waals surface area contributed by atoms with E-state index in [9.17, 15) is 4.79 Å².